The van der Waals surface area contributed by atoms with Gasteiger partial charge < -0.3 is 10.6 Å². The molecule has 1 amide bonds. The molecule has 0 aliphatic carbocycles. The topological polar surface area (TPSA) is 54.0 Å². The third kappa shape index (κ3) is 4.93. The summed E-state index contributed by atoms with van der Waals surface area (Å²) in [6, 6.07) is 21.8. The number of amides is 1. The minimum Gasteiger partial charge on any atom is -0.370 e. The monoisotopic (exact) mass is 345 g/mol. The second kappa shape index (κ2) is 8.81. The van der Waals surface area contributed by atoms with Gasteiger partial charge in [0.25, 0.3) is 5.91 Å². The predicted octanol–water partition coefficient (Wildman–Crippen LogP) is 4.55. The molecule has 1 aromatic heterocycles. The van der Waals surface area contributed by atoms with Gasteiger partial charge in [0.2, 0.25) is 0 Å². The summed E-state index contributed by atoms with van der Waals surface area (Å²) in [4.78, 5) is 16.6. The lowest BCUT2D eigenvalue weighted by Crippen LogP contribution is -2.13. The number of anilines is 2. The Kier molecular flexibility index (Phi) is 5.99. The number of hydrogen-bond acceptors (Lipinski definition) is 3. The Morgan fingerprint density at radius 3 is 2.35 bits per heavy atom. The highest BCUT2D eigenvalue weighted by Gasteiger charge is 2.07. The molecule has 0 aliphatic heterocycles. The lowest BCUT2D eigenvalue weighted by Gasteiger charge is -2.08. The van der Waals surface area contributed by atoms with Gasteiger partial charge in [0.15, 0.2) is 0 Å². The summed E-state index contributed by atoms with van der Waals surface area (Å²) in [5.74, 6) is 0.613. The van der Waals surface area contributed by atoms with Gasteiger partial charge in [0, 0.05) is 18.4 Å². The highest BCUT2D eigenvalue weighted by atomic mass is 16.1. The number of carbonyl (C=O) groups excluding carboxylic acids is 1. The molecule has 132 valence electrons. The zero-order valence-electron chi connectivity index (χ0n) is 14.9. The number of aryl methyl sites for hydroxylation is 1. The first kappa shape index (κ1) is 17.7. The maximum absolute atomic E-state index is 12.3. The van der Waals surface area contributed by atoms with Crippen LogP contribution in [0.3, 0.4) is 0 Å². The van der Waals surface area contributed by atoms with E-state index >= 15 is 0 Å². The van der Waals surface area contributed by atoms with Crippen LogP contribution in [0.1, 0.15) is 28.4 Å². The molecule has 0 aliphatic rings. The fourth-order valence-corrected chi connectivity index (χ4v) is 2.64. The summed E-state index contributed by atoms with van der Waals surface area (Å²) >= 11 is 0. The van der Waals surface area contributed by atoms with Crippen molar-refractivity contribution in [2.24, 2.45) is 0 Å². The van der Waals surface area contributed by atoms with Crippen LogP contribution in [0.5, 0.6) is 0 Å². The van der Waals surface area contributed by atoms with E-state index in [-0.39, 0.29) is 5.91 Å². The third-order valence-corrected chi connectivity index (χ3v) is 4.21. The normalized spacial score (nSPS) is 10.3. The minimum absolute atomic E-state index is 0.155. The van der Waals surface area contributed by atoms with Crippen LogP contribution < -0.4 is 10.6 Å². The van der Waals surface area contributed by atoms with Gasteiger partial charge >= 0.3 is 0 Å². The second-order valence-corrected chi connectivity index (χ2v) is 6.10. The van der Waals surface area contributed by atoms with Crippen molar-refractivity contribution in [3.8, 4) is 0 Å². The molecule has 4 nitrogen and oxygen atoms in total. The first-order valence-corrected chi connectivity index (χ1v) is 8.89. The van der Waals surface area contributed by atoms with Gasteiger partial charge in [-0.3, -0.25) is 4.79 Å². The Balaban J connectivity index is 1.52. The van der Waals surface area contributed by atoms with Gasteiger partial charge in [-0.1, -0.05) is 49.4 Å². The summed E-state index contributed by atoms with van der Waals surface area (Å²) < 4.78 is 0. The smallest absolute Gasteiger partial charge is 0.257 e. The van der Waals surface area contributed by atoms with Crippen LogP contribution in [0.4, 0.5) is 11.5 Å². The molecule has 26 heavy (non-hydrogen) atoms. The van der Waals surface area contributed by atoms with Crippen LogP contribution in [-0.4, -0.2) is 17.4 Å². The van der Waals surface area contributed by atoms with E-state index in [1.54, 1.807) is 12.3 Å². The van der Waals surface area contributed by atoms with E-state index < -0.39 is 0 Å². The first-order chi connectivity index (χ1) is 12.7. The Morgan fingerprint density at radius 1 is 0.923 bits per heavy atom. The zero-order valence-corrected chi connectivity index (χ0v) is 14.9. The van der Waals surface area contributed by atoms with Gasteiger partial charge in [-0.15, -0.1) is 0 Å². The maximum atomic E-state index is 12.3. The summed E-state index contributed by atoms with van der Waals surface area (Å²) in [7, 11) is 0. The summed E-state index contributed by atoms with van der Waals surface area (Å²) in [6.07, 6.45) is 3.51. The number of pyridine rings is 1. The van der Waals surface area contributed by atoms with Gasteiger partial charge in [0.1, 0.15) is 5.82 Å². The molecular weight excluding hydrogens is 322 g/mol. The van der Waals surface area contributed by atoms with Crippen LogP contribution in [0.2, 0.25) is 0 Å². The van der Waals surface area contributed by atoms with Crippen molar-refractivity contribution in [2.75, 3.05) is 17.2 Å². The van der Waals surface area contributed by atoms with Gasteiger partial charge in [-0.25, -0.2) is 4.98 Å². The number of hydrogen-bond donors (Lipinski definition) is 2. The molecule has 3 aromatic rings. The van der Waals surface area contributed by atoms with Crippen LogP contribution in [-0.2, 0) is 12.8 Å². The van der Waals surface area contributed by atoms with E-state index in [4.69, 9.17) is 0 Å². The van der Waals surface area contributed by atoms with E-state index in [0.29, 0.717) is 5.56 Å². The Morgan fingerprint density at radius 2 is 1.69 bits per heavy atom. The standard InChI is InChI=1S/C22H23N3O/c1-2-17-8-11-20(12-9-17)25-22(26)19-10-13-21(24-16-19)23-15-14-18-6-4-3-5-7-18/h3-13,16H,2,14-15H2,1H3,(H,23,24)(H,25,26). The molecule has 3 rings (SSSR count). The van der Waals surface area contributed by atoms with E-state index in [0.717, 1.165) is 30.9 Å². The summed E-state index contributed by atoms with van der Waals surface area (Å²) in [5, 5.41) is 6.17. The number of nitrogens with zero attached hydrogens (tertiary/aromatic N) is 1. The molecule has 1 heterocycles. The van der Waals surface area contributed by atoms with E-state index in [9.17, 15) is 4.79 Å². The molecule has 0 atom stereocenters. The highest BCUT2D eigenvalue weighted by molar-refractivity contribution is 6.04. The van der Waals surface area contributed by atoms with E-state index in [1.807, 2.05) is 48.5 Å². The van der Waals surface area contributed by atoms with Crippen molar-refractivity contribution < 1.29 is 4.79 Å². The second-order valence-electron chi connectivity index (χ2n) is 6.10. The minimum atomic E-state index is -0.155. The largest absolute Gasteiger partial charge is 0.370 e. The molecule has 0 unspecified atom stereocenters. The molecule has 0 fully saturated rings. The number of nitrogens with one attached hydrogen (secondary N) is 2. The van der Waals surface area contributed by atoms with Gasteiger partial charge in [0.05, 0.1) is 5.56 Å². The number of aromatic nitrogens is 1. The van der Waals surface area contributed by atoms with Crippen molar-refractivity contribution in [2.45, 2.75) is 19.8 Å². The van der Waals surface area contributed by atoms with Crippen LogP contribution in [0.25, 0.3) is 0 Å². The molecule has 2 N–H and O–H groups in total. The quantitative estimate of drug-likeness (QED) is 0.660. The summed E-state index contributed by atoms with van der Waals surface area (Å²) in [5.41, 5.74) is 3.86. The molecule has 4 heteroatoms. The number of carbonyl (C=O) groups is 1. The van der Waals surface area contributed by atoms with Crippen molar-refractivity contribution in [1.29, 1.82) is 0 Å². The van der Waals surface area contributed by atoms with Gasteiger partial charge in [-0.2, -0.15) is 0 Å². The van der Waals surface area contributed by atoms with Crippen molar-refractivity contribution in [1.82, 2.24) is 4.98 Å². The maximum Gasteiger partial charge on any atom is 0.257 e. The van der Waals surface area contributed by atoms with Crippen molar-refractivity contribution in [3.05, 3.63) is 89.6 Å². The predicted molar refractivity (Wildman–Crippen MR) is 107 cm³/mol. The molecule has 0 saturated carbocycles. The van der Waals surface area contributed by atoms with E-state index in [2.05, 4.69) is 34.7 Å². The average Bonchev–Trinajstić information content (AvgIpc) is 2.70. The fraction of sp³-hybridized carbons (Fsp3) is 0.182. The zero-order chi connectivity index (χ0) is 18.2. The van der Waals surface area contributed by atoms with Gasteiger partial charge in [-0.05, 0) is 48.2 Å². The SMILES string of the molecule is CCc1ccc(NC(=O)c2ccc(NCCc3ccccc3)nc2)cc1. The third-order valence-electron chi connectivity index (χ3n) is 4.21. The summed E-state index contributed by atoms with van der Waals surface area (Å²) in [6.45, 7) is 2.90. The Bertz CT molecular complexity index is 828. The van der Waals surface area contributed by atoms with Crippen molar-refractivity contribution in [3.63, 3.8) is 0 Å². The van der Waals surface area contributed by atoms with Crippen LogP contribution in [0, 0.1) is 0 Å². The van der Waals surface area contributed by atoms with E-state index in [1.165, 1.54) is 11.1 Å². The molecule has 0 saturated heterocycles. The lowest BCUT2D eigenvalue weighted by atomic mass is 10.1. The van der Waals surface area contributed by atoms with Crippen LogP contribution in [0.15, 0.2) is 72.9 Å². The first-order valence-electron chi connectivity index (χ1n) is 8.89. The lowest BCUT2D eigenvalue weighted by molar-refractivity contribution is 0.102. The van der Waals surface area contributed by atoms with Crippen molar-refractivity contribution >= 4 is 17.4 Å². The molecular formula is C22H23N3O. The molecule has 0 spiro atoms. The molecule has 2 aromatic carbocycles. The number of rotatable bonds is 7. The fourth-order valence-electron chi connectivity index (χ4n) is 2.64. The van der Waals surface area contributed by atoms with Crippen LogP contribution >= 0.6 is 0 Å². The average molecular weight is 345 g/mol. The Hall–Kier alpha value is -3.14. The molecule has 0 bridgehead atoms. The Labute approximate surface area is 154 Å². The number of benzene rings is 2. The highest BCUT2D eigenvalue weighted by Crippen LogP contribution is 2.12. The molecule has 0 radical (unpaired) electrons.